The normalized spacial score (nSPS) is 30.5. The predicted molar refractivity (Wildman–Crippen MR) is 87.9 cm³/mol. The topological polar surface area (TPSA) is 54.9 Å². The zero-order valence-electron chi connectivity index (χ0n) is 14.2. The summed E-state index contributed by atoms with van der Waals surface area (Å²) in [5, 5.41) is 1.57. The predicted octanol–water partition coefficient (Wildman–Crippen LogP) is 1.53. The van der Waals surface area contributed by atoms with Crippen molar-refractivity contribution in [2.45, 2.75) is 44.9 Å². The Bertz CT molecular complexity index is 603. The molecule has 0 radical (unpaired) electrons. The molecule has 0 bridgehead atoms. The number of rotatable bonds is 3. The Morgan fingerprint density at radius 1 is 1.38 bits per heavy atom. The van der Waals surface area contributed by atoms with Crippen LogP contribution in [0.4, 0.5) is 0 Å². The van der Waals surface area contributed by atoms with Gasteiger partial charge in [-0.1, -0.05) is 6.07 Å². The molecule has 130 valence electrons. The lowest BCUT2D eigenvalue weighted by Crippen LogP contribution is -2.43. The minimum atomic E-state index is -0.125. The van der Waals surface area contributed by atoms with Crippen LogP contribution >= 0.6 is 0 Å². The summed E-state index contributed by atoms with van der Waals surface area (Å²) >= 11 is 0. The number of ether oxygens (including phenoxy) is 1. The second kappa shape index (κ2) is 6.78. The van der Waals surface area contributed by atoms with Gasteiger partial charge in [0.1, 0.15) is 0 Å². The summed E-state index contributed by atoms with van der Waals surface area (Å²) in [6.45, 7) is 5.67. The van der Waals surface area contributed by atoms with E-state index in [1.165, 1.54) is 5.56 Å². The molecule has 0 spiro atoms. The summed E-state index contributed by atoms with van der Waals surface area (Å²) in [6, 6.07) is 4.36. The molecule has 0 aliphatic carbocycles. The largest absolute Gasteiger partial charge is 0.376 e. The molecular formula is C18H25N3O3. The van der Waals surface area contributed by atoms with Crippen LogP contribution in [0.25, 0.3) is 0 Å². The van der Waals surface area contributed by atoms with Gasteiger partial charge in [0.25, 0.3) is 5.91 Å². The zero-order valence-corrected chi connectivity index (χ0v) is 14.2. The van der Waals surface area contributed by atoms with Crippen LogP contribution in [0.5, 0.6) is 0 Å². The number of carbonyl (C=O) groups is 1. The first-order valence-electron chi connectivity index (χ1n) is 8.94. The number of aromatic nitrogens is 1. The van der Waals surface area contributed by atoms with Crippen molar-refractivity contribution in [2.24, 2.45) is 5.92 Å². The van der Waals surface area contributed by atoms with Gasteiger partial charge in [-0.2, -0.15) is 0 Å². The smallest absolute Gasteiger partial charge is 0.253 e. The number of nitrogens with zero attached hydrogens (tertiary/aromatic N) is 3. The Hall–Kier alpha value is -1.50. The van der Waals surface area contributed by atoms with E-state index >= 15 is 0 Å². The molecule has 24 heavy (non-hydrogen) atoms. The van der Waals surface area contributed by atoms with Gasteiger partial charge in [0.05, 0.1) is 24.3 Å². The number of pyridine rings is 1. The first kappa shape index (κ1) is 16.0. The molecule has 4 rings (SSSR count). The zero-order chi connectivity index (χ0) is 16.5. The van der Waals surface area contributed by atoms with Crippen molar-refractivity contribution in [2.75, 3.05) is 26.3 Å². The van der Waals surface area contributed by atoms with E-state index < -0.39 is 0 Å². The lowest BCUT2D eigenvalue weighted by molar-refractivity contribution is -0.203. The highest BCUT2D eigenvalue weighted by Crippen LogP contribution is 2.35. The van der Waals surface area contributed by atoms with E-state index in [-0.39, 0.29) is 17.9 Å². The maximum absolute atomic E-state index is 12.9. The second-order valence-electron chi connectivity index (χ2n) is 6.98. The summed E-state index contributed by atoms with van der Waals surface area (Å²) in [7, 11) is 0. The van der Waals surface area contributed by atoms with Gasteiger partial charge in [0, 0.05) is 38.5 Å². The summed E-state index contributed by atoms with van der Waals surface area (Å²) < 4.78 is 5.93. The molecule has 1 amide bonds. The van der Waals surface area contributed by atoms with Crippen LogP contribution in [-0.2, 0) is 20.9 Å². The van der Waals surface area contributed by atoms with Crippen molar-refractivity contribution in [3.05, 3.63) is 29.6 Å². The molecule has 6 nitrogen and oxygen atoms in total. The third-order valence-electron chi connectivity index (χ3n) is 5.44. The third-order valence-corrected chi connectivity index (χ3v) is 5.44. The summed E-state index contributed by atoms with van der Waals surface area (Å²) in [5.74, 6) is -0.0357. The van der Waals surface area contributed by atoms with Crippen LogP contribution in [0.2, 0.25) is 0 Å². The number of amides is 1. The van der Waals surface area contributed by atoms with Crippen molar-refractivity contribution < 1.29 is 14.4 Å². The molecule has 6 heteroatoms. The number of fused-ring (bicyclic) bond motifs is 1. The Morgan fingerprint density at radius 2 is 2.29 bits per heavy atom. The van der Waals surface area contributed by atoms with E-state index in [0.29, 0.717) is 19.2 Å². The number of hydroxylamine groups is 2. The molecule has 0 unspecified atom stereocenters. The lowest BCUT2D eigenvalue weighted by Gasteiger charge is -2.29. The fraction of sp³-hybridized carbons (Fsp3) is 0.667. The van der Waals surface area contributed by atoms with Crippen LogP contribution in [0.15, 0.2) is 18.3 Å². The molecule has 3 aliphatic heterocycles. The van der Waals surface area contributed by atoms with Gasteiger partial charge in [-0.15, -0.1) is 0 Å². The minimum Gasteiger partial charge on any atom is -0.376 e. The highest BCUT2D eigenvalue weighted by molar-refractivity contribution is 5.79. The van der Waals surface area contributed by atoms with Gasteiger partial charge in [-0.3, -0.25) is 19.5 Å². The molecular weight excluding hydrogens is 306 g/mol. The summed E-state index contributed by atoms with van der Waals surface area (Å²) in [4.78, 5) is 25.3. The number of likely N-dealkylation sites (tertiary alicyclic amines) is 1. The van der Waals surface area contributed by atoms with E-state index in [9.17, 15) is 4.79 Å². The van der Waals surface area contributed by atoms with Crippen LogP contribution in [0, 0.1) is 12.8 Å². The standard InChI is InChI=1S/C18H25N3O3/c1-13-5-4-7-19-15(13)12-20-11-14(17-16(20)6-10-23-17)18(22)21-8-2-3-9-24-21/h4-5,7,14,16-17H,2-3,6,8-12H2,1H3/t14-,16-,17+/m1/s1. The third kappa shape index (κ3) is 2.94. The molecule has 1 aromatic heterocycles. The minimum absolute atomic E-state index is 0.00737. The highest BCUT2D eigenvalue weighted by Gasteiger charge is 2.50. The SMILES string of the molecule is Cc1cccnc1CN1C[C@@H](C(=O)N2CCCCO2)[C@@H]2OCC[C@H]21. The van der Waals surface area contributed by atoms with E-state index in [0.717, 1.165) is 44.7 Å². The van der Waals surface area contributed by atoms with Crippen LogP contribution < -0.4 is 0 Å². The second-order valence-corrected chi connectivity index (χ2v) is 6.98. The molecule has 0 N–H and O–H groups in total. The monoisotopic (exact) mass is 331 g/mol. The molecule has 0 aromatic carbocycles. The van der Waals surface area contributed by atoms with Crippen molar-refractivity contribution in [3.63, 3.8) is 0 Å². The fourth-order valence-electron chi connectivity index (χ4n) is 4.10. The van der Waals surface area contributed by atoms with Crippen LogP contribution in [-0.4, -0.2) is 59.3 Å². The first-order chi connectivity index (χ1) is 11.7. The quantitative estimate of drug-likeness (QED) is 0.841. The van der Waals surface area contributed by atoms with E-state index in [2.05, 4.69) is 22.9 Å². The van der Waals surface area contributed by atoms with E-state index in [1.54, 1.807) is 5.06 Å². The van der Waals surface area contributed by atoms with E-state index in [1.807, 2.05) is 12.3 Å². The first-order valence-corrected chi connectivity index (χ1v) is 8.94. The molecule has 3 atom stereocenters. The number of carbonyl (C=O) groups excluding carboxylic acids is 1. The molecule has 1 aromatic rings. The fourth-order valence-corrected chi connectivity index (χ4v) is 4.10. The van der Waals surface area contributed by atoms with Gasteiger partial charge < -0.3 is 4.74 Å². The molecule has 3 aliphatic rings. The van der Waals surface area contributed by atoms with E-state index in [4.69, 9.17) is 9.57 Å². The van der Waals surface area contributed by atoms with Crippen LogP contribution in [0.3, 0.4) is 0 Å². The van der Waals surface area contributed by atoms with Crippen molar-refractivity contribution >= 4 is 5.91 Å². The average molecular weight is 331 g/mol. The maximum atomic E-state index is 12.9. The number of aryl methyl sites for hydroxylation is 1. The van der Waals surface area contributed by atoms with Crippen molar-refractivity contribution in [3.8, 4) is 0 Å². The van der Waals surface area contributed by atoms with Gasteiger partial charge >= 0.3 is 0 Å². The number of hydrogen-bond acceptors (Lipinski definition) is 5. The Morgan fingerprint density at radius 3 is 3.08 bits per heavy atom. The Kier molecular flexibility index (Phi) is 4.52. The maximum Gasteiger partial charge on any atom is 0.253 e. The molecule has 4 heterocycles. The molecule has 3 saturated heterocycles. The number of hydrogen-bond donors (Lipinski definition) is 0. The van der Waals surface area contributed by atoms with Gasteiger partial charge in [-0.05, 0) is 37.8 Å². The Labute approximate surface area is 142 Å². The van der Waals surface area contributed by atoms with Gasteiger partial charge in [-0.25, -0.2) is 5.06 Å². The highest BCUT2D eigenvalue weighted by atomic mass is 16.7. The van der Waals surface area contributed by atoms with Crippen molar-refractivity contribution in [1.82, 2.24) is 14.9 Å². The van der Waals surface area contributed by atoms with Gasteiger partial charge in [0.2, 0.25) is 0 Å². The van der Waals surface area contributed by atoms with Crippen molar-refractivity contribution in [1.29, 1.82) is 0 Å². The lowest BCUT2D eigenvalue weighted by atomic mass is 10.0. The summed E-state index contributed by atoms with van der Waals surface area (Å²) in [6.07, 6.45) is 4.87. The van der Waals surface area contributed by atoms with Gasteiger partial charge in [0.15, 0.2) is 0 Å². The summed E-state index contributed by atoms with van der Waals surface area (Å²) in [5.41, 5.74) is 2.28. The average Bonchev–Trinajstić information content (AvgIpc) is 3.21. The molecule has 0 saturated carbocycles. The molecule has 3 fully saturated rings. The van der Waals surface area contributed by atoms with Crippen LogP contribution in [0.1, 0.15) is 30.5 Å². The Balaban J connectivity index is 1.49.